The fourth-order valence-corrected chi connectivity index (χ4v) is 11.2. The minimum atomic E-state index is -0.124. The van der Waals surface area contributed by atoms with Crippen LogP contribution in [0.2, 0.25) is 0 Å². The highest BCUT2D eigenvalue weighted by atomic mass is 32.1. The molecule has 4 heteroatoms. The topological polar surface area (TPSA) is 21.3 Å². The molecule has 12 aromatic rings. The van der Waals surface area contributed by atoms with Crippen molar-refractivity contribution in [1.29, 1.82) is 0 Å². The van der Waals surface area contributed by atoms with Crippen molar-refractivity contribution in [2.45, 2.75) is 19.3 Å². The summed E-state index contributed by atoms with van der Waals surface area (Å²) >= 11 is 1.86. The van der Waals surface area contributed by atoms with Crippen LogP contribution in [-0.4, -0.2) is 4.57 Å². The van der Waals surface area contributed by atoms with E-state index < -0.39 is 0 Å². The molecule has 0 N–H and O–H groups in total. The number of benzene rings is 9. The molecule has 1 aliphatic rings. The molecule has 13 rings (SSSR count). The van der Waals surface area contributed by atoms with Crippen molar-refractivity contribution in [2.24, 2.45) is 0 Å². The van der Waals surface area contributed by atoms with Gasteiger partial charge in [-0.05, 0) is 113 Å². The van der Waals surface area contributed by atoms with Crippen LogP contribution < -0.4 is 4.90 Å². The SMILES string of the molecule is CC1(C)c2ccccc2-c2ccc(N(c3ccc4sc5ccccc5c4c3)c3ccc4c(c3)c3ccc5cc6oc7ccccc7c6cc5c3n4-c3ccccc3)cc21. The molecule has 0 bridgehead atoms. The van der Waals surface area contributed by atoms with Gasteiger partial charge >= 0.3 is 0 Å². The molecule has 3 heterocycles. The minimum Gasteiger partial charge on any atom is -0.456 e. The first-order valence-corrected chi connectivity index (χ1v) is 21.1. The molecule has 0 aliphatic heterocycles. The maximum Gasteiger partial charge on any atom is 0.136 e. The van der Waals surface area contributed by atoms with E-state index in [0.29, 0.717) is 0 Å². The first kappa shape index (κ1) is 32.9. The van der Waals surface area contributed by atoms with E-state index in [1.807, 2.05) is 17.4 Å². The van der Waals surface area contributed by atoms with Crippen LogP contribution in [0.4, 0.5) is 17.1 Å². The van der Waals surface area contributed by atoms with Crippen molar-refractivity contribution < 1.29 is 4.42 Å². The van der Waals surface area contributed by atoms with E-state index in [9.17, 15) is 0 Å². The predicted molar refractivity (Wildman–Crippen MR) is 251 cm³/mol. The van der Waals surface area contributed by atoms with Gasteiger partial charge in [0.05, 0.1) is 11.0 Å². The summed E-state index contributed by atoms with van der Waals surface area (Å²) in [5, 5.41) is 9.64. The van der Waals surface area contributed by atoms with Crippen LogP contribution in [0.25, 0.3) is 91.5 Å². The summed E-state index contributed by atoms with van der Waals surface area (Å²) in [6, 6.07) is 67.1. The third kappa shape index (κ3) is 4.63. The second-order valence-corrected chi connectivity index (χ2v) is 17.6. The van der Waals surface area contributed by atoms with Gasteiger partial charge in [-0.3, -0.25) is 0 Å². The number of rotatable bonds is 4. The van der Waals surface area contributed by atoms with Crippen molar-refractivity contribution in [3.63, 3.8) is 0 Å². The van der Waals surface area contributed by atoms with Crippen LogP contribution in [0.5, 0.6) is 0 Å². The molecule has 0 atom stereocenters. The van der Waals surface area contributed by atoms with E-state index in [2.05, 4.69) is 199 Å². The number of hydrogen-bond acceptors (Lipinski definition) is 3. The van der Waals surface area contributed by atoms with E-state index in [1.54, 1.807) is 0 Å². The van der Waals surface area contributed by atoms with Gasteiger partial charge in [0.25, 0.3) is 0 Å². The number of thiophene rings is 1. The Bertz CT molecular complexity index is 3720. The molecule has 9 aromatic carbocycles. The number of nitrogens with zero attached hydrogens (tertiary/aromatic N) is 2. The van der Waals surface area contributed by atoms with Crippen molar-refractivity contribution in [2.75, 3.05) is 4.90 Å². The Morgan fingerprint density at radius 1 is 0.458 bits per heavy atom. The fraction of sp³-hybridized carbons (Fsp3) is 0.0545. The monoisotopic (exact) mass is 772 g/mol. The summed E-state index contributed by atoms with van der Waals surface area (Å²) in [5.41, 5.74) is 14.0. The summed E-state index contributed by atoms with van der Waals surface area (Å²) in [7, 11) is 0. The second kappa shape index (κ2) is 12.0. The molecular weight excluding hydrogens is 737 g/mol. The lowest BCUT2D eigenvalue weighted by Gasteiger charge is -2.28. The van der Waals surface area contributed by atoms with Crippen LogP contribution in [0, 0.1) is 0 Å². The Labute approximate surface area is 344 Å². The maximum absolute atomic E-state index is 6.36. The summed E-state index contributed by atoms with van der Waals surface area (Å²) < 4.78 is 11.4. The molecule has 3 aromatic heterocycles. The van der Waals surface area contributed by atoms with Crippen LogP contribution >= 0.6 is 11.3 Å². The van der Waals surface area contributed by atoms with E-state index in [-0.39, 0.29) is 5.41 Å². The zero-order valence-electron chi connectivity index (χ0n) is 32.5. The third-order valence-electron chi connectivity index (χ3n) is 12.9. The second-order valence-electron chi connectivity index (χ2n) is 16.5. The summed E-state index contributed by atoms with van der Waals surface area (Å²) in [6.45, 7) is 4.73. The average molecular weight is 773 g/mol. The van der Waals surface area contributed by atoms with Gasteiger partial charge in [-0.15, -0.1) is 11.3 Å². The standard InChI is InChI=1S/C55H36N2OS/c1-55(2)47-17-9-6-14-38(47)39-25-21-37(31-48(39)55)56(36-23-27-53-46(30-36)41-16-8-11-19-52(41)59-53)35-22-26-49-44(29-35)42-24-20-33-28-51-45(40-15-7-10-18-50(40)58-51)32-43(33)54(42)57(49)34-12-4-3-5-13-34/h3-32H,1-2H3. The number of furan rings is 1. The Morgan fingerprint density at radius 2 is 1.15 bits per heavy atom. The molecule has 3 nitrogen and oxygen atoms in total. The molecule has 0 fully saturated rings. The quantitative estimate of drug-likeness (QED) is 0.178. The maximum atomic E-state index is 6.36. The molecular formula is C55H36N2OS. The highest BCUT2D eigenvalue weighted by molar-refractivity contribution is 7.25. The largest absolute Gasteiger partial charge is 0.456 e. The zero-order chi connectivity index (χ0) is 39.0. The molecule has 278 valence electrons. The van der Waals surface area contributed by atoms with Crippen LogP contribution in [0.1, 0.15) is 25.0 Å². The Morgan fingerprint density at radius 3 is 2.05 bits per heavy atom. The summed E-state index contributed by atoms with van der Waals surface area (Å²) in [5.74, 6) is 0. The molecule has 1 aliphatic carbocycles. The number of hydrogen-bond donors (Lipinski definition) is 0. The Hall–Kier alpha value is -7.14. The predicted octanol–water partition coefficient (Wildman–Crippen LogP) is 16.0. The van der Waals surface area contributed by atoms with E-state index in [0.717, 1.165) is 50.1 Å². The van der Waals surface area contributed by atoms with E-state index >= 15 is 0 Å². The lowest BCUT2D eigenvalue weighted by atomic mass is 9.82. The van der Waals surface area contributed by atoms with Gasteiger partial charge in [0.1, 0.15) is 11.2 Å². The van der Waals surface area contributed by atoms with Crippen molar-refractivity contribution in [1.82, 2.24) is 4.57 Å². The van der Waals surface area contributed by atoms with Gasteiger partial charge in [0, 0.05) is 75.3 Å². The van der Waals surface area contributed by atoms with E-state index in [1.165, 1.54) is 69.6 Å². The number of para-hydroxylation sites is 2. The highest BCUT2D eigenvalue weighted by Crippen LogP contribution is 2.51. The summed E-state index contributed by atoms with van der Waals surface area (Å²) in [6.07, 6.45) is 0. The minimum absolute atomic E-state index is 0.124. The third-order valence-corrected chi connectivity index (χ3v) is 14.1. The van der Waals surface area contributed by atoms with Gasteiger partial charge in [-0.2, -0.15) is 0 Å². The first-order chi connectivity index (χ1) is 29.0. The summed E-state index contributed by atoms with van der Waals surface area (Å²) in [4.78, 5) is 2.47. The van der Waals surface area contributed by atoms with Crippen LogP contribution in [-0.2, 0) is 5.41 Å². The Balaban J connectivity index is 1.09. The van der Waals surface area contributed by atoms with Crippen molar-refractivity contribution >= 4 is 103 Å². The highest BCUT2D eigenvalue weighted by Gasteiger charge is 2.36. The number of anilines is 3. The Kier molecular flexibility index (Phi) is 6.66. The normalized spacial score (nSPS) is 13.4. The molecule has 59 heavy (non-hydrogen) atoms. The molecule has 0 spiro atoms. The van der Waals surface area contributed by atoms with Crippen LogP contribution in [0.15, 0.2) is 186 Å². The van der Waals surface area contributed by atoms with Gasteiger partial charge in [-0.25, -0.2) is 0 Å². The van der Waals surface area contributed by atoms with Gasteiger partial charge in [0.2, 0.25) is 0 Å². The smallest absolute Gasteiger partial charge is 0.136 e. The average Bonchev–Trinajstić information content (AvgIpc) is 4.00. The zero-order valence-corrected chi connectivity index (χ0v) is 33.3. The van der Waals surface area contributed by atoms with Crippen molar-refractivity contribution in [3.05, 3.63) is 193 Å². The van der Waals surface area contributed by atoms with Crippen LogP contribution in [0.3, 0.4) is 0 Å². The van der Waals surface area contributed by atoms with Gasteiger partial charge in [-0.1, -0.05) is 111 Å². The molecule has 0 saturated heterocycles. The van der Waals surface area contributed by atoms with Crippen molar-refractivity contribution in [3.8, 4) is 16.8 Å². The lowest BCUT2D eigenvalue weighted by molar-refractivity contribution is 0.660. The van der Waals surface area contributed by atoms with E-state index in [4.69, 9.17) is 4.42 Å². The molecule has 0 saturated carbocycles. The molecule has 0 amide bonds. The number of fused-ring (bicyclic) bond motifs is 14. The fourth-order valence-electron chi connectivity index (χ4n) is 10.2. The van der Waals surface area contributed by atoms with Gasteiger partial charge < -0.3 is 13.9 Å². The number of aromatic nitrogens is 1. The molecule has 0 radical (unpaired) electrons. The lowest BCUT2D eigenvalue weighted by Crippen LogP contribution is -2.16. The van der Waals surface area contributed by atoms with Gasteiger partial charge in [0.15, 0.2) is 0 Å². The molecule has 0 unspecified atom stereocenters. The first-order valence-electron chi connectivity index (χ1n) is 20.3.